The Bertz CT molecular complexity index is 627. The summed E-state index contributed by atoms with van der Waals surface area (Å²) in [6.07, 6.45) is 3.67. The van der Waals surface area contributed by atoms with Crippen molar-refractivity contribution in [3.05, 3.63) is 35.4 Å². The van der Waals surface area contributed by atoms with Crippen LogP contribution in [0.3, 0.4) is 0 Å². The van der Waals surface area contributed by atoms with Gasteiger partial charge in [0.1, 0.15) is 11.6 Å². The highest BCUT2D eigenvalue weighted by atomic mass is 127. The first-order valence-electron chi connectivity index (χ1n) is 8.69. The van der Waals surface area contributed by atoms with Crippen LogP contribution in [0.5, 0.6) is 0 Å². The summed E-state index contributed by atoms with van der Waals surface area (Å²) in [4.78, 5) is 18.2. The molecule has 1 saturated heterocycles. The lowest BCUT2D eigenvalue weighted by Gasteiger charge is -2.33. The second-order valence-electron chi connectivity index (χ2n) is 6.27. The summed E-state index contributed by atoms with van der Waals surface area (Å²) in [5.41, 5.74) is 0.223. The number of nitrogens with one attached hydrogen (secondary N) is 2. The number of amides is 1. The Balaban J connectivity index is 0.00000338. The lowest BCUT2D eigenvalue weighted by atomic mass is 10.0. The van der Waals surface area contributed by atoms with Gasteiger partial charge in [0.05, 0.1) is 0 Å². The predicted molar refractivity (Wildman–Crippen MR) is 110 cm³/mol. The van der Waals surface area contributed by atoms with Crippen molar-refractivity contribution >= 4 is 35.8 Å². The lowest BCUT2D eigenvalue weighted by Crippen LogP contribution is -2.44. The number of piperidine rings is 1. The number of hydrogen-bond acceptors (Lipinski definition) is 2. The molecule has 0 radical (unpaired) electrons. The molecule has 1 aromatic carbocycles. The summed E-state index contributed by atoms with van der Waals surface area (Å²) >= 11 is 0. The molecule has 2 N–H and O–H groups in total. The minimum Gasteiger partial charge on any atom is -0.356 e. The molecule has 1 aliphatic rings. The van der Waals surface area contributed by atoms with Crippen LogP contribution >= 0.6 is 24.0 Å². The molecule has 0 aromatic heterocycles. The molecule has 26 heavy (non-hydrogen) atoms. The van der Waals surface area contributed by atoms with Gasteiger partial charge in [-0.25, -0.2) is 8.78 Å². The number of rotatable bonds is 5. The summed E-state index contributed by atoms with van der Waals surface area (Å²) in [6.45, 7) is 3.46. The highest BCUT2D eigenvalue weighted by Gasteiger charge is 2.22. The van der Waals surface area contributed by atoms with Crippen LogP contribution in [-0.2, 0) is 11.3 Å². The summed E-state index contributed by atoms with van der Waals surface area (Å²) in [6, 6.07) is 3.63. The van der Waals surface area contributed by atoms with Crippen LogP contribution in [0, 0.1) is 11.6 Å². The molecular formula is C18H27F2IN4O. The maximum Gasteiger partial charge on any atom is 0.224 e. The van der Waals surface area contributed by atoms with Crippen molar-refractivity contribution in [2.75, 3.05) is 20.1 Å². The smallest absolute Gasteiger partial charge is 0.224 e. The minimum absolute atomic E-state index is 0. The maximum atomic E-state index is 13.6. The molecule has 1 aliphatic heterocycles. The van der Waals surface area contributed by atoms with Gasteiger partial charge in [-0.2, -0.15) is 0 Å². The lowest BCUT2D eigenvalue weighted by molar-refractivity contribution is -0.134. The van der Waals surface area contributed by atoms with Crippen molar-refractivity contribution in [1.29, 1.82) is 0 Å². The SMILES string of the molecule is CN=C(NCCC(=O)N1CCCCC1C)NCc1cc(F)ccc1F.I. The van der Waals surface area contributed by atoms with E-state index in [9.17, 15) is 13.6 Å². The zero-order valence-electron chi connectivity index (χ0n) is 15.2. The molecule has 8 heteroatoms. The molecule has 146 valence electrons. The fourth-order valence-corrected chi connectivity index (χ4v) is 2.98. The van der Waals surface area contributed by atoms with Crippen LogP contribution < -0.4 is 10.6 Å². The van der Waals surface area contributed by atoms with Crippen LogP contribution in [0.2, 0.25) is 0 Å². The molecule has 1 amide bonds. The largest absolute Gasteiger partial charge is 0.356 e. The quantitative estimate of drug-likeness (QED) is 0.387. The number of hydrogen-bond donors (Lipinski definition) is 2. The standard InChI is InChI=1S/C18H26F2N4O.HI/c1-13-5-3-4-10-24(13)17(25)8-9-22-18(21-2)23-12-14-11-15(19)6-7-16(14)20;/h6-7,11,13H,3-5,8-10,12H2,1-2H3,(H2,21,22,23);1H. The van der Waals surface area contributed by atoms with Gasteiger partial charge in [-0.05, 0) is 44.4 Å². The number of carbonyl (C=O) groups excluding carboxylic acids is 1. The van der Waals surface area contributed by atoms with Gasteiger partial charge in [-0.3, -0.25) is 9.79 Å². The third-order valence-electron chi connectivity index (χ3n) is 4.43. The van der Waals surface area contributed by atoms with E-state index in [1.165, 1.54) is 6.42 Å². The number of nitrogens with zero attached hydrogens (tertiary/aromatic N) is 2. The Morgan fingerprint density at radius 1 is 1.31 bits per heavy atom. The zero-order chi connectivity index (χ0) is 18.2. The van der Waals surface area contributed by atoms with Gasteiger partial charge in [-0.15, -0.1) is 24.0 Å². The van der Waals surface area contributed by atoms with Crippen LogP contribution in [0.25, 0.3) is 0 Å². The van der Waals surface area contributed by atoms with Crippen molar-refractivity contribution in [2.24, 2.45) is 4.99 Å². The van der Waals surface area contributed by atoms with E-state index in [0.717, 1.165) is 37.6 Å². The average Bonchev–Trinajstić information content (AvgIpc) is 2.60. The summed E-state index contributed by atoms with van der Waals surface area (Å²) in [5.74, 6) is -0.379. The Kier molecular flexibility index (Phi) is 9.82. The van der Waals surface area contributed by atoms with E-state index in [1.807, 2.05) is 4.90 Å². The van der Waals surface area contributed by atoms with E-state index in [4.69, 9.17) is 0 Å². The van der Waals surface area contributed by atoms with E-state index in [0.29, 0.717) is 25.0 Å². The van der Waals surface area contributed by atoms with E-state index in [2.05, 4.69) is 22.5 Å². The van der Waals surface area contributed by atoms with Crippen LogP contribution in [0.4, 0.5) is 8.78 Å². The monoisotopic (exact) mass is 480 g/mol. The molecule has 0 saturated carbocycles. The molecule has 2 rings (SSSR count). The van der Waals surface area contributed by atoms with Crippen molar-refractivity contribution in [3.8, 4) is 0 Å². The molecule has 1 heterocycles. The topological polar surface area (TPSA) is 56.7 Å². The molecule has 0 aliphatic carbocycles. The molecule has 5 nitrogen and oxygen atoms in total. The van der Waals surface area contributed by atoms with E-state index in [1.54, 1.807) is 7.05 Å². The van der Waals surface area contributed by atoms with Crippen molar-refractivity contribution < 1.29 is 13.6 Å². The number of carbonyl (C=O) groups is 1. The third kappa shape index (κ3) is 6.69. The second kappa shape index (κ2) is 11.3. The number of benzene rings is 1. The highest BCUT2D eigenvalue weighted by molar-refractivity contribution is 14.0. The summed E-state index contributed by atoms with van der Waals surface area (Å²) in [5, 5.41) is 5.96. The summed E-state index contributed by atoms with van der Waals surface area (Å²) in [7, 11) is 1.59. The van der Waals surface area contributed by atoms with Crippen LogP contribution in [0.1, 0.15) is 38.2 Å². The van der Waals surface area contributed by atoms with Crippen LogP contribution in [-0.4, -0.2) is 42.9 Å². The number of likely N-dealkylation sites (tertiary alicyclic amines) is 1. The average molecular weight is 480 g/mol. The Morgan fingerprint density at radius 3 is 2.77 bits per heavy atom. The first-order chi connectivity index (χ1) is 12.0. The first-order valence-corrected chi connectivity index (χ1v) is 8.69. The maximum absolute atomic E-state index is 13.6. The fraction of sp³-hybridized carbons (Fsp3) is 0.556. The van der Waals surface area contributed by atoms with Crippen molar-refractivity contribution in [2.45, 2.75) is 45.2 Å². The Morgan fingerprint density at radius 2 is 2.08 bits per heavy atom. The minimum atomic E-state index is -0.484. The third-order valence-corrected chi connectivity index (χ3v) is 4.43. The number of aliphatic imine (C=N–C) groups is 1. The van der Waals surface area contributed by atoms with Gasteiger partial charge in [0.15, 0.2) is 5.96 Å². The van der Waals surface area contributed by atoms with Gasteiger partial charge in [0, 0.05) is 44.7 Å². The van der Waals surface area contributed by atoms with Gasteiger partial charge in [0.2, 0.25) is 5.91 Å². The highest BCUT2D eigenvalue weighted by Crippen LogP contribution is 2.17. The number of guanidine groups is 1. The van der Waals surface area contributed by atoms with Gasteiger partial charge >= 0.3 is 0 Å². The van der Waals surface area contributed by atoms with Gasteiger partial charge in [-0.1, -0.05) is 0 Å². The van der Waals surface area contributed by atoms with Crippen molar-refractivity contribution in [1.82, 2.24) is 15.5 Å². The molecule has 1 unspecified atom stereocenters. The Hall–Kier alpha value is -1.45. The van der Waals surface area contributed by atoms with Crippen LogP contribution in [0.15, 0.2) is 23.2 Å². The summed E-state index contributed by atoms with van der Waals surface area (Å²) < 4.78 is 26.8. The van der Waals surface area contributed by atoms with Crippen molar-refractivity contribution in [3.63, 3.8) is 0 Å². The van der Waals surface area contributed by atoms with Gasteiger partial charge < -0.3 is 15.5 Å². The zero-order valence-corrected chi connectivity index (χ0v) is 17.6. The molecule has 0 spiro atoms. The molecular weight excluding hydrogens is 453 g/mol. The Labute approximate surface area is 170 Å². The normalized spacial score (nSPS) is 17.5. The first kappa shape index (κ1) is 22.6. The van der Waals surface area contributed by atoms with E-state index >= 15 is 0 Å². The predicted octanol–water partition coefficient (Wildman–Crippen LogP) is 3.04. The second-order valence-corrected chi connectivity index (χ2v) is 6.27. The fourth-order valence-electron chi connectivity index (χ4n) is 2.98. The number of halogens is 3. The molecule has 1 atom stereocenters. The molecule has 0 bridgehead atoms. The van der Waals surface area contributed by atoms with E-state index < -0.39 is 11.6 Å². The van der Waals surface area contributed by atoms with Gasteiger partial charge in [0.25, 0.3) is 0 Å². The van der Waals surface area contributed by atoms with E-state index in [-0.39, 0.29) is 42.0 Å². The molecule has 1 aromatic rings. The molecule has 1 fully saturated rings.